The molecule has 1 aromatic rings. The molecule has 1 heterocycles. The Morgan fingerprint density at radius 1 is 0.917 bits per heavy atom. The summed E-state index contributed by atoms with van der Waals surface area (Å²) >= 11 is 0. The van der Waals surface area contributed by atoms with E-state index in [4.69, 9.17) is 0 Å². The van der Waals surface area contributed by atoms with Crippen molar-refractivity contribution in [2.75, 3.05) is 13.1 Å². The Balaban J connectivity index is 2.24. The highest BCUT2D eigenvalue weighted by atomic mass is 16.2. The van der Waals surface area contributed by atoms with Crippen LogP contribution in [0.15, 0.2) is 24.3 Å². The first-order valence-corrected chi connectivity index (χ1v) is 8.49. The summed E-state index contributed by atoms with van der Waals surface area (Å²) in [6.07, 6.45) is 0. The quantitative estimate of drug-likeness (QED) is 0.754. The molecule has 0 saturated carbocycles. The van der Waals surface area contributed by atoms with Crippen LogP contribution in [0.3, 0.4) is 0 Å². The van der Waals surface area contributed by atoms with Crippen molar-refractivity contribution in [3.63, 3.8) is 0 Å². The number of nitrogens with zero attached hydrogens (tertiary/aromatic N) is 2. The molecular weight excluding hydrogens is 304 g/mol. The fourth-order valence-corrected chi connectivity index (χ4v) is 3.07. The first kappa shape index (κ1) is 18.2. The van der Waals surface area contributed by atoms with Crippen molar-refractivity contribution in [1.82, 2.24) is 9.80 Å². The molecule has 0 N–H and O–H groups in total. The lowest BCUT2D eigenvalue weighted by atomic mass is 10.1. The van der Waals surface area contributed by atoms with Crippen molar-refractivity contribution in [1.29, 1.82) is 0 Å². The summed E-state index contributed by atoms with van der Waals surface area (Å²) in [5.41, 5.74) is 0.753. The van der Waals surface area contributed by atoms with Gasteiger partial charge in [-0.25, -0.2) is 0 Å². The predicted octanol–water partition coefficient (Wildman–Crippen LogP) is 2.81. The molecular formula is C19H26N2O3. The van der Waals surface area contributed by atoms with E-state index in [1.165, 1.54) is 0 Å². The first-order chi connectivity index (χ1) is 11.2. The minimum Gasteiger partial charge on any atom is -0.340 e. The van der Waals surface area contributed by atoms with Gasteiger partial charge >= 0.3 is 0 Å². The standard InChI is InChI=1S/C19H26N2O3/c1-12(2)10-20(11-13(3)4)17(22)14(5)21-18(23)15-8-6-7-9-16(15)19(21)24/h6-9,12-14H,10-11H2,1-5H3/t14-/m1/s1. The molecule has 1 atom stereocenters. The van der Waals surface area contributed by atoms with Gasteiger partial charge in [0, 0.05) is 13.1 Å². The number of benzene rings is 1. The molecule has 0 radical (unpaired) electrons. The topological polar surface area (TPSA) is 57.7 Å². The molecule has 0 spiro atoms. The number of rotatable bonds is 6. The van der Waals surface area contributed by atoms with E-state index in [1.807, 2.05) is 27.7 Å². The van der Waals surface area contributed by atoms with Crippen molar-refractivity contribution in [3.8, 4) is 0 Å². The van der Waals surface area contributed by atoms with Crippen molar-refractivity contribution < 1.29 is 14.4 Å². The summed E-state index contributed by atoms with van der Waals surface area (Å²) in [5.74, 6) is -0.299. The highest BCUT2D eigenvalue weighted by molar-refractivity contribution is 6.22. The Morgan fingerprint density at radius 3 is 1.71 bits per heavy atom. The molecule has 1 aliphatic rings. The second-order valence-electron chi connectivity index (χ2n) is 7.23. The van der Waals surface area contributed by atoms with Crippen molar-refractivity contribution in [2.24, 2.45) is 11.8 Å². The summed E-state index contributed by atoms with van der Waals surface area (Å²) in [5, 5.41) is 0. The summed E-state index contributed by atoms with van der Waals surface area (Å²) in [7, 11) is 0. The van der Waals surface area contributed by atoms with Crippen molar-refractivity contribution in [3.05, 3.63) is 35.4 Å². The van der Waals surface area contributed by atoms with Gasteiger partial charge in [-0.2, -0.15) is 0 Å². The van der Waals surface area contributed by atoms with Crippen LogP contribution in [0.1, 0.15) is 55.3 Å². The molecule has 5 heteroatoms. The highest BCUT2D eigenvalue weighted by Crippen LogP contribution is 2.25. The van der Waals surface area contributed by atoms with E-state index in [-0.39, 0.29) is 17.7 Å². The Morgan fingerprint density at radius 2 is 1.33 bits per heavy atom. The summed E-state index contributed by atoms with van der Waals surface area (Å²) < 4.78 is 0. The van der Waals surface area contributed by atoms with Crippen LogP contribution in [-0.4, -0.2) is 46.7 Å². The monoisotopic (exact) mass is 330 g/mol. The zero-order chi connectivity index (χ0) is 18.0. The van der Waals surface area contributed by atoms with E-state index in [0.29, 0.717) is 36.1 Å². The van der Waals surface area contributed by atoms with E-state index in [9.17, 15) is 14.4 Å². The molecule has 1 aromatic carbocycles. The molecule has 2 rings (SSSR count). The van der Waals surface area contributed by atoms with Gasteiger partial charge in [0.1, 0.15) is 6.04 Å². The van der Waals surface area contributed by atoms with Crippen LogP contribution >= 0.6 is 0 Å². The van der Waals surface area contributed by atoms with Crippen LogP contribution in [0.25, 0.3) is 0 Å². The third kappa shape index (κ3) is 3.50. The van der Waals surface area contributed by atoms with Gasteiger partial charge in [-0.15, -0.1) is 0 Å². The van der Waals surface area contributed by atoms with E-state index in [0.717, 1.165) is 4.90 Å². The second-order valence-corrected chi connectivity index (χ2v) is 7.23. The summed E-state index contributed by atoms with van der Waals surface area (Å²) in [4.78, 5) is 40.9. The van der Waals surface area contributed by atoms with Crippen LogP contribution in [0.5, 0.6) is 0 Å². The fourth-order valence-electron chi connectivity index (χ4n) is 3.07. The molecule has 5 nitrogen and oxygen atoms in total. The molecule has 3 amide bonds. The molecule has 24 heavy (non-hydrogen) atoms. The third-order valence-corrected chi connectivity index (χ3v) is 4.05. The lowest BCUT2D eigenvalue weighted by Crippen LogP contribution is -2.51. The van der Waals surface area contributed by atoms with E-state index in [2.05, 4.69) is 0 Å². The average Bonchev–Trinajstić information content (AvgIpc) is 2.76. The van der Waals surface area contributed by atoms with Gasteiger partial charge in [0.2, 0.25) is 5.91 Å². The largest absolute Gasteiger partial charge is 0.340 e. The van der Waals surface area contributed by atoms with Gasteiger partial charge in [0.05, 0.1) is 11.1 Å². The number of fused-ring (bicyclic) bond motifs is 1. The molecule has 0 aliphatic carbocycles. The molecule has 130 valence electrons. The van der Waals surface area contributed by atoms with Crippen molar-refractivity contribution >= 4 is 17.7 Å². The Kier molecular flexibility index (Phi) is 5.42. The average molecular weight is 330 g/mol. The zero-order valence-electron chi connectivity index (χ0n) is 15.1. The first-order valence-electron chi connectivity index (χ1n) is 8.49. The molecule has 0 saturated heterocycles. The van der Waals surface area contributed by atoms with Gasteiger partial charge < -0.3 is 4.90 Å². The van der Waals surface area contributed by atoms with Crippen LogP contribution in [0, 0.1) is 11.8 Å². The molecule has 0 bridgehead atoms. The number of imide groups is 1. The van der Waals surface area contributed by atoms with Gasteiger partial charge in [-0.1, -0.05) is 39.8 Å². The lowest BCUT2D eigenvalue weighted by Gasteiger charge is -2.31. The Labute approximate surface area is 143 Å². The number of carbonyl (C=O) groups excluding carboxylic acids is 3. The fraction of sp³-hybridized carbons (Fsp3) is 0.526. The van der Waals surface area contributed by atoms with E-state index in [1.54, 1.807) is 36.1 Å². The van der Waals surface area contributed by atoms with E-state index >= 15 is 0 Å². The highest BCUT2D eigenvalue weighted by Gasteiger charge is 2.41. The van der Waals surface area contributed by atoms with Gasteiger partial charge in [0.25, 0.3) is 11.8 Å². The number of hydrogen-bond donors (Lipinski definition) is 0. The smallest absolute Gasteiger partial charge is 0.262 e. The van der Waals surface area contributed by atoms with Gasteiger partial charge in [0.15, 0.2) is 0 Å². The maximum Gasteiger partial charge on any atom is 0.262 e. The van der Waals surface area contributed by atoms with E-state index < -0.39 is 6.04 Å². The second kappa shape index (κ2) is 7.16. The number of amides is 3. The summed E-state index contributed by atoms with van der Waals surface area (Å²) in [6, 6.07) is 5.92. The SMILES string of the molecule is CC(C)CN(CC(C)C)C(=O)[C@@H](C)N1C(=O)c2ccccc2C1=O. The zero-order valence-corrected chi connectivity index (χ0v) is 15.1. The maximum atomic E-state index is 12.9. The predicted molar refractivity (Wildman–Crippen MR) is 92.7 cm³/mol. The Bertz CT molecular complexity index is 607. The minimum atomic E-state index is -0.796. The molecule has 0 aromatic heterocycles. The molecule has 0 fully saturated rings. The molecule has 0 unspecified atom stereocenters. The van der Waals surface area contributed by atoms with Crippen LogP contribution in [0.4, 0.5) is 0 Å². The minimum absolute atomic E-state index is 0.174. The number of hydrogen-bond acceptors (Lipinski definition) is 3. The molecule has 1 aliphatic heterocycles. The normalized spacial score (nSPS) is 15.2. The maximum absolute atomic E-state index is 12.9. The van der Waals surface area contributed by atoms with Crippen LogP contribution in [0.2, 0.25) is 0 Å². The van der Waals surface area contributed by atoms with Crippen molar-refractivity contribution in [2.45, 2.75) is 40.7 Å². The number of carbonyl (C=O) groups is 3. The van der Waals surface area contributed by atoms with Gasteiger partial charge in [-0.05, 0) is 30.9 Å². The Hall–Kier alpha value is -2.17. The van der Waals surface area contributed by atoms with Gasteiger partial charge in [-0.3, -0.25) is 19.3 Å². The lowest BCUT2D eigenvalue weighted by molar-refractivity contribution is -0.136. The third-order valence-electron chi connectivity index (χ3n) is 4.05. The van der Waals surface area contributed by atoms with Crippen LogP contribution in [-0.2, 0) is 4.79 Å². The summed E-state index contributed by atoms with van der Waals surface area (Å²) in [6.45, 7) is 11.1. The van der Waals surface area contributed by atoms with Crippen LogP contribution < -0.4 is 0 Å².